The van der Waals surface area contributed by atoms with Gasteiger partial charge in [0.05, 0.1) is 31.2 Å². The van der Waals surface area contributed by atoms with Crippen molar-refractivity contribution >= 4 is 75.9 Å². The first kappa shape index (κ1) is 25.6. The fourth-order valence-electron chi connectivity index (χ4n) is 2.55. The van der Waals surface area contributed by atoms with E-state index in [0.717, 1.165) is 0 Å². The topological polar surface area (TPSA) is 95.5 Å². The van der Waals surface area contributed by atoms with E-state index in [9.17, 15) is 19.5 Å². The lowest BCUT2D eigenvalue weighted by molar-refractivity contribution is -0.139. The van der Waals surface area contributed by atoms with Gasteiger partial charge in [0.15, 0.2) is 0 Å². The third kappa shape index (κ3) is 7.47. The van der Waals surface area contributed by atoms with Crippen LogP contribution in [0, 0.1) is 0 Å². The van der Waals surface area contributed by atoms with Gasteiger partial charge in [-0.15, -0.1) is 0 Å². The third-order valence-corrected chi connectivity index (χ3v) is 6.34. The number of carboxylic acid groups (broad SMARTS) is 1. The largest absolute Gasteiger partial charge is 0.480 e. The lowest BCUT2D eigenvalue weighted by Gasteiger charge is -2.15. The highest BCUT2D eigenvalue weighted by molar-refractivity contribution is 7.99. The van der Waals surface area contributed by atoms with E-state index < -0.39 is 17.9 Å². The third-order valence-electron chi connectivity index (χ3n) is 4.07. The molecule has 0 heterocycles. The number of hydrogen-bond acceptors (Lipinski definition) is 4. The summed E-state index contributed by atoms with van der Waals surface area (Å²) in [4.78, 5) is 36.1. The smallest absolute Gasteiger partial charge is 0.326 e. The lowest BCUT2D eigenvalue weighted by atomic mass is 10.1. The molecule has 2 rings (SSSR count). The first-order valence-corrected chi connectivity index (χ1v) is 11.7. The van der Waals surface area contributed by atoms with E-state index in [1.54, 1.807) is 24.3 Å². The monoisotopic (exact) mass is 522 g/mol. The highest BCUT2D eigenvalue weighted by atomic mass is 35.5. The Balaban J connectivity index is 1.78. The predicted molar refractivity (Wildman–Crippen MR) is 126 cm³/mol. The molecule has 6 nitrogen and oxygen atoms in total. The Labute approximate surface area is 203 Å². The van der Waals surface area contributed by atoms with Crippen LogP contribution in [0.2, 0.25) is 20.1 Å². The highest BCUT2D eigenvalue weighted by Gasteiger charge is 2.23. The lowest BCUT2D eigenvalue weighted by Crippen LogP contribution is -2.41. The van der Waals surface area contributed by atoms with Crippen molar-refractivity contribution in [3.63, 3.8) is 0 Å². The first-order valence-electron chi connectivity index (χ1n) is 9.00. The number of amides is 2. The molecule has 0 fully saturated rings. The van der Waals surface area contributed by atoms with Crippen LogP contribution in [0.4, 0.5) is 0 Å². The summed E-state index contributed by atoms with van der Waals surface area (Å²) in [5, 5.41) is 15.3. The Bertz CT molecular complexity index is 934. The summed E-state index contributed by atoms with van der Waals surface area (Å²) < 4.78 is 0. The molecule has 166 valence electrons. The molecule has 0 radical (unpaired) electrons. The number of thioether (sulfide) groups is 1. The molecule has 0 saturated heterocycles. The van der Waals surface area contributed by atoms with Gasteiger partial charge in [0.1, 0.15) is 6.04 Å². The van der Waals surface area contributed by atoms with Gasteiger partial charge in [-0.1, -0.05) is 58.5 Å². The number of aliphatic carboxylic acids is 1. The van der Waals surface area contributed by atoms with Crippen molar-refractivity contribution in [1.82, 2.24) is 10.6 Å². The van der Waals surface area contributed by atoms with E-state index in [1.807, 2.05) is 0 Å². The van der Waals surface area contributed by atoms with E-state index in [-0.39, 0.29) is 43.5 Å². The van der Waals surface area contributed by atoms with Crippen molar-refractivity contribution in [2.45, 2.75) is 12.5 Å². The molecular formula is C20H18Cl4N2O4S. The number of carbonyl (C=O) groups is 3. The molecule has 0 bridgehead atoms. The summed E-state index contributed by atoms with van der Waals surface area (Å²) in [5.41, 5.74) is 0.244. The van der Waals surface area contributed by atoms with Crippen LogP contribution >= 0.6 is 58.2 Å². The number of rotatable bonds is 10. The maximum atomic E-state index is 12.4. The second-order valence-electron chi connectivity index (χ2n) is 6.21. The van der Waals surface area contributed by atoms with Crippen molar-refractivity contribution < 1.29 is 19.5 Å². The van der Waals surface area contributed by atoms with Gasteiger partial charge in [-0.05, 0) is 36.4 Å². The fraction of sp³-hybridized carbons (Fsp3) is 0.250. The maximum absolute atomic E-state index is 12.4. The molecule has 2 amide bonds. The molecule has 11 heteroatoms. The second kappa shape index (κ2) is 12.4. The molecule has 0 spiro atoms. The van der Waals surface area contributed by atoms with Crippen LogP contribution in [-0.4, -0.2) is 47.0 Å². The van der Waals surface area contributed by atoms with Gasteiger partial charge in [0.2, 0.25) is 0 Å². The Hall–Kier alpha value is -1.64. The van der Waals surface area contributed by atoms with E-state index in [2.05, 4.69) is 10.6 Å². The minimum atomic E-state index is -1.17. The SMILES string of the molecule is O=C(NCCSCC[C@H](NC(=O)c1c(Cl)cccc1Cl)C(=O)O)c1c(Cl)cccc1Cl. The molecule has 2 aromatic carbocycles. The minimum Gasteiger partial charge on any atom is -0.480 e. The summed E-state index contributed by atoms with van der Waals surface area (Å²) in [6, 6.07) is 8.28. The van der Waals surface area contributed by atoms with Crippen molar-refractivity contribution in [3.05, 3.63) is 67.6 Å². The number of hydrogen-bond donors (Lipinski definition) is 3. The summed E-state index contributed by atoms with van der Waals surface area (Å²) in [6.45, 7) is 0.338. The Morgan fingerprint density at radius 1 is 0.839 bits per heavy atom. The van der Waals surface area contributed by atoms with E-state index >= 15 is 0 Å². The molecular weight excluding hydrogens is 506 g/mol. The van der Waals surface area contributed by atoms with Crippen LogP contribution in [0.15, 0.2) is 36.4 Å². The quantitative estimate of drug-likeness (QED) is 0.379. The number of benzene rings is 2. The molecule has 0 aliphatic rings. The van der Waals surface area contributed by atoms with Gasteiger partial charge in [-0.25, -0.2) is 4.79 Å². The van der Waals surface area contributed by atoms with Crippen LogP contribution in [0.1, 0.15) is 27.1 Å². The van der Waals surface area contributed by atoms with Crippen molar-refractivity contribution in [3.8, 4) is 0 Å². The summed E-state index contributed by atoms with van der Waals surface area (Å²) in [6.07, 6.45) is 0.179. The second-order valence-corrected chi connectivity index (χ2v) is 9.07. The Kier molecular flexibility index (Phi) is 10.3. The standard InChI is InChI=1S/C20H18Cl4N2O4S/c21-11-3-1-4-12(22)16(11)18(27)25-8-10-31-9-7-15(20(29)30)26-19(28)17-13(23)5-2-6-14(17)24/h1-6,15H,7-10H2,(H,25,27)(H,26,28)(H,29,30)/t15-/m0/s1. The highest BCUT2D eigenvalue weighted by Crippen LogP contribution is 2.25. The van der Waals surface area contributed by atoms with Crippen molar-refractivity contribution in [1.29, 1.82) is 0 Å². The molecule has 0 aliphatic heterocycles. The van der Waals surface area contributed by atoms with Crippen LogP contribution in [0.5, 0.6) is 0 Å². The van der Waals surface area contributed by atoms with E-state index in [1.165, 1.54) is 23.9 Å². The van der Waals surface area contributed by atoms with Crippen LogP contribution in [-0.2, 0) is 4.79 Å². The number of nitrogens with one attached hydrogen (secondary N) is 2. The van der Waals surface area contributed by atoms with Crippen LogP contribution in [0.3, 0.4) is 0 Å². The maximum Gasteiger partial charge on any atom is 0.326 e. The van der Waals surface area contributed by atoms with Gasteiger partial charge in [-0.2, -0.15) is 11.8 Å². The predicted octanol–water partition coefficient (Wildman–Crippen LogP) is 5.04. The average Bonchev–Trinajstić information content (AvgIpc) is 2.69. The van der Waals surface area contributed by atoms with Crippen LogP contribution < -0.4 is 10.6 Å². The molecule has 3 N–H and O–H groups in total. The van der Waals surface area contributed by atoms with Gasteiger partial charge in [0, 0.05) is 12.3 Å². The van der Waals surface area contributed by atoms with E-state index in [4.69, 9.17) is 46.4 Å². The molecule has 2 aromatic rings. The molecule has 0 aliphatic carbocycles. The number of carboxylic acids is 1. The van der Waals surface area contributed by atoms with Gasteiger partial charge < -0.3 is 15.7 Å². The fourth-order valence-corrected chi connectivity index (χ4v) is 4.54. The summed E-state index contributed by atoms with van der Waals surface area (Å²) >= 11 is 25.4. The molecule has 0 unspecified atom stereocenters. The molecule has 1 atom stereocenters. The van der Waals surface area contributed by atoms with Gasteiger partial charge in [-0.3, -0.25) is 9.59 Å². The van der Waals surface area contributed by atoms with Crippen molar-refractivity contribution in [2.75, 3.05) is 18.1 Å². The Morgan fingerprint density at radius 2 is 1.32 bits per heavy atom. The summed E-state index contributed by atoms with van der Waals surface area (Å²) in [5.74, 6) is -1.24. The summed E-state index contributed by atoms with van der Waals surface area (Å²) in [7, 11) is 0. The van der Waals surface area contributed by atoms with Gasteiger partial charge in [0.25, 0.3) is 11.8 Å². The van der Waals surface area contributed by atoms with E-state index in [0.29, 0.717) is 18.1 Å². The molecule has 31 heavy (non-hydrogen) atoms. The van der Waals surface area contributed by atoms with Crippen molar-refractivity contribution in [2.24, 2.45) is 0 Å². The van der Waals surface area contributed by atoms with Crippen LogP contribution in [0.25, 0.3) is 0 Å². The zero-order chi connectivity index (χ0) is 23.0. The zero-order valence-corrected chi connectivity index (χ0v) is 19.8. The van der Waals surface area contributed by atoms with Gasteiger partial charge >= 0.3 is 5.97 Å². The first-order chi connectivity index (χ1) is 14.7. The molecule has 0 saturated carbocycles. The normalized spacial score (nSPS) is 11.6. The zero-order valence-electron chi connectivity index (χ0n) is 16.0. The minimum absolute atomic E-state index is 0.0330. The number of halogens is 4. The Morgan fingerprint density at radius 3 is 1.81 bits per heavy atom. The number of carbonyl (C=O) groups excluding carboxylic acids is 2. The molecule has 0 aromatic heterocycles. The average molecular weight is 524 g/mol.